The quantitative estimate of drug-likeness (QED) is 0.743. The first-order chi connectivity index (χ1) is 9.31. The Morgan fingerprint density at radius 3 is 2.11 bits per heavy atom. The minimum Gasteiger partial charge on any atom is -0.497 e. The van der Waals surface area contributed by atoms with Crippen molar-refractivity contribution in [1.29, 1.82) is 0 Å². The Kier molecular flexibility index (Phi) is 5.95. The van der Waals surface area contributed by atoms with Crippen molar-refractivity contribution in [1.82, 2.24) is 9.80 Å². The second-order valence-corrected chi connectivity index (χ2v) is 5.35. The predicted octanol–water partition coefficient (Wildman–Crippen LogP) is 2.09. The number of ether oxygens (including phenoxy) is 1. The zero-order chi connectivity index (χ0) is 13.5. The van der Waals surface area contributed by atoms with Gasteiger partial charge in [-0.25, -0.2) is 0 Å². The molecule has 0 atom stereocenters. The third kappa shape index (κ3) is 4.68. The van der Waals surface area contributed by atoms with E-state index in [9.17, 15) is 0 Å². The summed E-state index contributed by atoms with van der Waals surface area (Å²) in [5.74, 6) is 1.67. The van der Waals surface area contributed by atoms with Gasteiger partial charge in [-0.05, 0) is 24.1 Å². The molecule has 0 aliphatic carbocycles. The molecule has 0 amide bonds. The first-order valence-corrected chi connectivity index (χ1v) is 7.49. The highest BCUT2D eigenvalue weighted by molar-refractivity contribution is 6.18. The average Bonchev–Trinajstić information content (AvgIpc) is 2.47. The Bertz CT molecular complexity index is 361. The summed E-state index contributed by atoms with van der Waals surface area (Å²) in [5.41, 5.74) is 1.38. The molecule has 0 aromatic heterocycles. The van der Waals surface area contributed by atoms with Crippen LogP contribution in [0.4, 0.5) is 0 Å². The van der Waals surface area contributed by atoms with Crippen LogP contribution in [0, 0.1) is 0 Å². The number of methoxy groups -OCH3 is 1. The Labute approximate surface area is 121 Å². The molecule has 0 N–H and O–H groups in total. The van der Waals surface area contributed by atoms with E-state index in [-0.39, 0.29) is 0 Å². The smallest absolute Gasteiger partial charge is 0.118 e. The lowest BCUT2D eigenvalue weighted by atomic mass is 10.1. The Hall–Kier alpha value is -0.770. The third-order valence-corrected chi connectivity index (χ3v) is 3.91. The molecule has 1 heterocycles. The number of rotatable bonds is 6. The summed E-state index contributed by atoms with van der Waals surface area (Å²) in [6.07, 6.45) is 1.11. The molecule has 4 heteroatoms. The molecule has 0 saturated carbocycles. The zero-order valence-corrected chi connectivity index (χ0v) is 12.4. The second kappa shape index (κ2) is 7.73. The van der Waals surface area contributed by atoms with Crippen molar-refractivity contribution in [2.75, 3.05) is 52.3 Å². The summed E-state index contributed by atoms with van der Waals surface area (Å²) in [7, 11) is 1.70. The molecular weight excluding hydrogens is 260 g/mol. The number of benzene rings is 1. The number of alkyl halides is 1. The highest BCUT2D eigenvalue weighted by Gasteiger charge is 2.15. The zero-order valence-electron chi connectivity index (χ0n) is 11.6. The van der Waals surface area contributed by atoms with Gasteiger partial charge < -0.3 is 9.64 Å². The average molecular weight is 283 g/mol. The number of nitrogens with zero attached hydrogens (tertiary/aromatic N) is 2. The minimum absolute atomic E-state index is 0.742. The first-order valence-electron chi connectivity index (χ1n) is 6.95. The van der Waals surface area contributed by atoms with Crippen LogP contribution < -0.4 is 4.74 Å². The van der Waals surface area contributed by atoms with E-state index >= 15 is 0 Å². The van der Waals surface area contributed by atoms with Crippen LogP contribution in [0.15, 0.2) is 24.3 Å². The second-order valence-electron chi connectivity index (χ2n) is 4.97. The van der Waals surface area contributed by atoms with Crippen LogP contribution in [0.5, 0.6) is 5.75 Å². The molecule has 1 saturated heterocycles. The van der Waals surface area contributed by atoms with E-state index in [2.05, 4.69) is 21.9 Å². The highest BCUT2D eigenvalue weighted by Crippen LogP contribution is 2.12. The summed E-state index contributed by atoms with van der Waals surface area (Å²) in [4.78, 5) is 4.98. The highest BCUT2D eigenvalue weighted by atomic mass is 35.5. The lowest BCUT2D eigenvalue weighted by Gasteiger charge is -2.34. The fourth-order valence-corrected chi connectivity index (χ4v) is 2.67. The van der Waals surface area contributed by atoms with E-state index in [0.717, 1.165) is 57.3 Å². The third-order valence-electron chi connectivity index (χ3n) is 3.74. The molecule has 1 aromatic carbocycles. The van der Waals surface area contributed by atoms with E-state index in [1.165, 1.54) is 5.56 Å². The predicted molar refractivity (Wildman–Crippen MR) is 80.3 cm³/mol. The summed E-state index contributed by atoms with van der Waals surface area (Å²) in [6, 6.07) is 8.38. The number of halogens is 1. The fraction of sp³-hybridized carbons (Fsp3) is 0.600. The number of hydrogen-bond donors (Lipinski definition) is 0. The van der Waals surface area contributed by atoms with Crippen molar-refractivity contribution in [3.05, 3.63) is 29.8 Å². The van der Waals surface area contributed by atoms with Crippen molar-refractivity contribution in [2.45, 2.75) is 6.42 Å². The molecule has 0 spiro atoms. The van der Waals surface area contributed by atoms with Crippen LogP contribution in [0.2, 0.25) is 0 Å². The van der Waals surface area contributed by atoms with E-state index in [1.54, 1.807) is 7.11 Å². The first kappa shape index (κ1) is 14.6. The van der Waals surface area contributed by atoms with Gasteiger partial charge in [0.05, 0.1) is 7.11 Å². The van der Waals surface area contributed by atoms with E-state index < -0.39 is 0 Å². The van der Waals surface area contributed by atoms with Gasteiger partial charge >= 0.3 is 0 Å². The van der Waals surface area contributed by atoms with Gasteiger partial charge in [0.1, 0.15) is 5.75 Å². The van der Waals surface area contributed by atoms with Crippen molar-refractivity contribution < 1.29 is 4.74 Å². The van der Waals surface area contributed by atoms with Crippen molar-refractivity contribution in [3.8, 4) is 5.75 Å². The van der Waals surface area contributed by atoms with Gasteiger partial charge in [0.25, 0.3) is 0 Å². The van der Waals surface area contributed by atoms with E-state index in [4.69, 9.17) is 16.3 Å². The maximum atomic E-state index is 5.77. The van der Waals surface area contributed by atoms with E-state index in [1.807, 2.05) is 12.1 Å². The lowest BCUT2D eigenvalue weighted by molar-refractivity contribution is 0.139. The van der Waals surface area contributed by atoms with Gasteiger partial charge in [-0.15, -0.1) is 11.6 Å². The molecule has 0 bridgehead atoms. The molecule has 1 aliphatic heterocycles. The Balaban J connectivity index is 1.71. The summed E-state index contributed by atoms with van der Waals surface area (Å²) < 4.78 is 5.17. The SMILES string of the molecule is COc1ccc(CCN2CCN(CCCl)CC2)cc1. The maximum Gasteiger partial charge on any atom is 0.118 e. The number of piperazine rings is 1. The van der Waals surface area contributed by atoms with Gasteiger partial charge in [-0.2, -0.15) is 0 Å². The van der Waals surface area contributed by atoms with Crippen LogP contribution in [-0.2, 0) is 6.42 Å². The summed E-state index contributed by atoms with van der Waals surface area (Å²) >= 11 is 5.77. The largest absolute Gasteiger partial charge is 0.497 e. The van der Waals surface area contributed by atoms with Crippen LogP contribution in [0.1, 0.15) is 5.56 Å². The van der Waals surface area contributed by atoms with Crippen LogP contribution >= 0.6 is 11.6 Å². The molecule has 2 rings (SSSR count). The van der Waals surface area contributed by atoms with Gasteiger partial charge in [0, 0.05) is 45.1 Å². The monoisotopic (exact) mass is 282 g/mol. The fourth-order valence-electron chi connectivity index (χ4n) is 2.44. The molecule has 19 heavy (non-hydrogen) atoms. The minimum atomic E-state index is 0.742. The molecule has 1 aliphatic rings. The van der Waals surface area contributed by atoms with Crippen LogP contribution in [0.25, 0.3) is 0 Å². The van der Waals surface area contributed by atoms with Crippen LogP contribution in [-0.4, -0.2) is 62.1 Å². The standard InChI is InChI=1S/C15H23ClN2O/c1-19-15-4-2-14(3-5-15)6-8-17-10-12-18(9-7-16)13-11-17/h2-5H,6-13H2,1H3. The van der Waals surface area contributed by atoms with Gasteiger partial charge in [0.2, 0.25) is 0 Å². The van der Waals surface area contributed by atoms with Crippen molar-refractivity contribution >= 4 is 11.6 Å². The normalized spacial score (nSPS) is 17.6. The molecule has 1 aromatic rings. The maximum absolute atomic E-state index is 5.77. The van der Waals surface area contributed by atoms with Gasteiger partial charge in [0.15, 0.2) is 0 Å². The van der Waals surface area contributed by atoms with E-state index in [0.29, 0.717) is 0 Å². The molecule has 3 nitrogen and oxygen atoms in total. The molecule has 1 fully saturated rings. The van der Waals surface area contributed by atoms with Gasteiger partial charge in [-0.3, -0.25) is 4.90 Å². The van der Waals surface area contributed by atoms with Crippen LogP contribution in [0.3, 0.4) is 0 Å². The van der Waals surface area contributed by atoms with Crippen molar-refractivity contribution in [2.24, 2.45) is 0 Å². The molecular formula is C15H23ClN2O. The lowest BCUT2D eigenvalue weighted by Crippen LogP contribution is -2.47. The Morgan fingerprint density at radius 2 is 1.58 bits per heavy atom. The van der Waals surface area contributed by atoms with Crippen molar-refractivity contribution in [3.63, 3.8) is 0 Å². The van der Waals surface area contributed by atoms with Gasteiger partial charge in [-0.1, -0.05) is 12.1 Å². The molecule has 106 valence electrons. The molecule has 0 unspecified atom stereocenters. The Morgan fingerprint density at radius 1 is 1.00 bits per heavy atom. The molecule has 0 radical (unpaired) electrons. The number of hydrogen-bond acceptors (Lipinski definition) is 3. The topological polar surface area (TPSA) is 15.7 Å². The summed E-state index contributed by atoms with van der Waals surface area (Å²) in [6.45, 7) is 6.78. The summed E-state index contributed by atoms with van der Waals surface area (Å²) in [5, 5.41) is 0.